The number of hydrogen-bond donors (Lipinski definition) is 1. The second-order valence-corrected chi connectivity index (χ2v) is 16.3. The summed E-state index contributed by atoms with van der Waals surface area (Å²) >= 11 is 0. The van der Waals surface area contributed by atoms with E-state index in [1.807, 2.05) is 60.7 Å². The van der Waals surface area contributed by atoms with Gasteiger partial charge in [0, 0.05) is 12.7 Å². The molecular formula is C30H42O3Si. The Balaban J connectivity index is 2.39. The predicted molar refractivity (Wildman–Crippen MR) is 143 cm³/mol. The third-order valence-electron chi connectivity index (χ3n) is 7.80. The van der Waals surface area contributed by atoms with Gasteiger partial charge >= 0.3 is 0 Å². The number of benzene rings is 2. The van der Waals surface area contributed by atoms with E-state index in [-0.39, 0.29) is 17.7 Å². The lowest BCUT2D eigenvalue weighted by molar-refractivity contribution is 0.0123. The summed E-state index contributed by atoms with van der Waals surface area (Å²) in [5.74, 6) is 0.241. The molecule has 3 rings (SSSR count). The molecule has 2 aromatic carbocycles. The summed E-state index contributed by atoms with van der Waals surface area (Å²) in [6, 6.07) is 20.1. The van der Waals surface area contributed by atoms with Gasteiger partial charge in [-0.3, -0.25) is 0 Å². The van der Waals surface area contributed by atoms with Gasteiger partial charge in [-0.05, 0) is 34.9 Å². The van der Waals surface area contributed by atoms with Crippen LogP contribution in [0.3, 0.4) is 0 Å². The van der Waals surface area contributed by atoms with Crippen molar-refractivity contribution < 1.29 is 14.6 Å². The fraction of sp³-hybridized carbons (Fsp3) is 0.500. The third-order valence-corrected chi connectivity index (χ3v) is 13.0. The molecule has 1 saturated carbocycles. The quantitative estimate of drug-likeness (QED) is 0.184. The Bertz CT molecular complexity index is 937. The molecule has 0 bridgehead atoms. The summed E-state index contributed by atoms with van der Waals surface area (Å²) in [7, 11) is -0.455. The molecule has 1 N–H and O–H groups in total. The maximum Gasteiger partial charge on any atom is 0.188 e. The van der Waals surface area contributed by atoms with Crippen LogP contribution in [0.5, 0.6) is 0 Å². The molecule has 0 spiro atoms. The summed E-state index contributed by atoms with van der Waals surface area (Å²) in [5, 5.41) is 13.6. The topological polar surface area (TPSA) is 38.7 Å². The van der Waals surface area contributed by atoms with Gasteiger partial charge in [-0.2, -0.15) is 0 Å². The van der Waals surface area contributed by atoms with E-state index >= 15 is 0 Å². The second kappa shape index (κ2) is 11.1. The minimum Gasteiger partial charge on any atom is -0.469 e. The lowest BCUT2D eigenvalue weighted by Crippen LogP contribution is -2.41. The average molecular weight is 479 g/mol. The largest absolute Gasteiger partial charge is 0.469 e. The Labute approximate surface area is 207 Å². The standard InChI is InChI=1S/C30H42O3Si/c1-29(2,3)34(5,6)28(33-23-32-4)22-27(24-16-10-7-11-17-24)30(31,25-18-12-8-13-19-25)26-20-14-9-15-21-26/h8-9,12-15,18-21,24,31H,7,10-11,16-17,23H2,1-6H3. The van der Waals surface area contributed by atoms with Gasteiger partial charge in [-0.15, -0.1) is 0 Å². The highest BCUT2D eigenvalue weighted by Gasteiger charge is 2.44. The molecule has 3 nitrogen and oxygen atoms in total. The van der Waals surface area contributed by atoms with Crippen molar-refractivity contribution in [2.45, 2.75) is 76.6 Å². The van der Waals surface area contributed by atoms with Gasteiger partial charge in [0.25, 0.3) is 0 Å². The Kier molecular flexibility index (Phi) is 8.65. The lowest BCUT2D eigenvalue weighted by Gasteiger charge is -2.39. The van der Waals surface area contributed by atoms with E-state index in [1.54, 1.807) is 7.11 Å². The fourth-order valence-corrected chi connectivity index (χ4v) is 6.22. The maximum atomic E-state index is 12.7. The van der Waals surface area contributed by atoms with E-state index in [0.717, 1.165) is 34.9 Å². The summed E-state index contributed by atoms with van der Waals surface area (Å²) in [5.41, 5.74) is 5.18. The van der Waals surface area contributed by atoms with Crippen LogP contribution in [0.15, 0.2) is 77.4 Å². The smallest absolute Gasteiger partial charge is 0.188 e. The van der Waals surface area contributed by atoms with E-state index in [1.165, 1.54) is 19.3 Å². The number of ether oxygens (including phenoxy) is 2. The molecule has 34 heavy (non-hydrogen) atoms. The Morgan fingerprint density at radius 2 is 1.41 bits per heavy atom. The Morgan fingerprint density at radius 3 is 1.85 bits per heavy atom. The zero-order chi connectivity index (χ0) is 24.8. The van der Waals surface area contributed by atoms with Crippen molar-refractivity contribution in [1.82, 2.24) is 0 Å². The van der Waals surface area contributed by atoms with Crippen molar-refractivity contribution in [3.63, 3.8) is 0 Å². The molecule has 0 atom stereocenters. The van der Waals surface area contributed by atoms with Crippen LogP contribution in [-0.4, -0.2) is 27.1 Å². The lowest BCUT2D eigenvalue weighted by atomic mass is 9.71. The van der Waals surface area contributed by atoms with Gasteiger partial charge in [0.2, 0.25) is 0 Å². The van der Waals surface area contributed by atoms with Crippen molar-refractivity contribution in [2.75, 3.05) is 13.9 Å². The van der Waals surface area contributed by atoms with Crippen molar-refractivity contribution >= 4 is 8.07 Å². The molecule has 1 aliphatic rings. The summed E-state index contributed by atoms with van der Waals surface area (Å²) in [6.45, 7) is 11.7. The van der Waals surface area contributed by atoms with Crippen LogP contribution in [-0.2, 0) is 15.1 Å². The monoisotopic (exact) mass is 478 g/mol. The summed E-state index contributed by atoms with van der Waals surface area (Å²) in [4.78, 5) is 0. The SMILES string of the molecule is COCOC(=C=C(C1CCCCC1)C(O)(c1ccccc1)c1ccccc1)[Si](C)(C)C(C)(C)C. The van der Waals surface area contributed by atoms with Gasteiger partial charge in [-0.1, -0.05) is 120 Å². The van der Waals surface area contributed by atoms with Crippen LogP contribution in [0.4, 0.5) is 0 Å². The summed E-state index contributed by atoms with van der Waals surface area (Å²) in [6.07, 6.45) is 5.70. The zero-order valence-electron chi connectivity index (χ0n) is 21.9. The molecule has 0 aliphatic heterocycles. The van der Waals surface area contributed by atoms with Crippen molar-refractivity contribution in [1.29, 1.82) is 0 Å². The molecule has 0 unspecified atom stereocenters. The van der Waals surface area contributed by atoms with Gasteiger partial charge in [0.05, 0.1) is 0 Å². The number of methoxy groups -OCH3 is 1. The Morgan fingerprint density at radius 1 is 0.912 bits per heavy atom. The number of aliphatic hydroxyl groups is 1. The highest BCUT2D eigenvalue weighted by Crippen LogP contribution is 2.46. The van der Waals surface area contributed by atoms with Crippen LogP contribution in [0.25, 0.3) is 0 Å². The highest BCUT2D eigenvalue weighted by atomic mass is 28.3. The normalized spacial score (nSPS) is 15.5. The van der Waals surface area contributed by atoms with E-state index in [2.05, 4.69) is 39.6 Å². The molecule has 0 saturated heterocycles. The van der Waals surface area contributed by atoms with Gasteiger partial charge in [0.15, 0.2) is 6.79 Å². The first kappa shape index (κ1) is 26.5. The van der Waals surface area contributed by atoms with Crippen molar-refractivity contribution in [3.8, 4) is 0 Å². The molecule has 4 heteroatoms. The minimum atomic E-state index is -2.11. The van der Waals surface area contributed by atoms with E-state index < -0.39 is 13.7 Å². The van der Waals surface area contributed by atoms with Crippen LogP contribution in [0.1, 0.15) is 64.0 Å². The molecule has 1 fully saturated rings. The molecule has 1 aliphatic carbocycles. The first-order valence-corrected chi connectivity index (χ1v) is 15.6. The van der Waals surface area contributed by atoms with Crippen LogP contribution >= 0.6 is 0 Å². The van der Waals surface area contributed by atoms with Crippen LogP contribution < -0.4 is 0 Å². The zero-order valence-corrected chi connectivity index (χ0v) is 22.9. The third kappa shape index (κ3) is 5.58. The van der Waals surface area contributed by atoms with Crippen LogP contribution in [0, 0.1) is 5.92 Å². The minimum absolute atomic E-state index is 0.0539. The van der Waals surface area contributed by atoms with E-state index in [9.17, 15) is 5.11 Å². The first-order chi connectivity index (χ1) is 16.1. The van der Waals surface area contributed by atoms with E-state index in [4.69, 9.17) is 9.47 Å². The fourth-order valence-electron chi connectivity index (χ4n) is 4.67. The number of rotatable bonds is 8. The van der Waals surface area contributed by atoms with Crippen LogP contribution in [0.2, 0.25) is 18.1 Å². The average Bonchev–Trinajstić information content (AvgIpc) is 2.84. The van der Waals surface area contributed by atoms with Gasteiger partial charge in [-0.25, -0.2) is 0 Å². The molecule has 0 heterocycles. The van der Waals surface area contributed by atoms with Gasteiger partial charge < -0.3 is 14.6 Å². The van der Waals surface area contributed by atoms with E-state index in [0.29, 0.717) is 0 Å². The number of hydrogen-bond acceptors (Lipinski definition) is 3. The molecule has 184 valence electrons. The second-order valence-electron chi connectivity index (χ2n) is 11.1. The van der Waals surface area contributed by atoms with Gasteiger partial charge in [0.1, 0.15) is 19.1 Å². The first-order valence-electron chi connectivity index (χ1n) is 12.6. The molecule has 0 aromatic heterocycles. The molecule has 0 radical (unpaired) electrons. The molecule has 0 amide bonds. The predicted octanol–water partition coefficient (Wildman–Crippen LogP) is 7.58. The Hall–Kier alpha value is -2.10. The maximum absolute atomic E-state index is 12.7. The van der Waals surface area contributed by atoms with Crippen molar-refractivity contribution in [2.24, 2.45) is 5.92 Å². The molecule has 2 aromatic rings. The van der Waals surface area contributed by atoms with Crippen molar-refractivity contribution in [3.05, 3.63) is 88.5 Å². The molecular weight excluding hydrogens is 436 g/mol. The summed E-state index contributed by atoms with van der Waals surface area (Å²) < 4.78 is 11.6. The highest BCUT2D eigenvalue weighted by molar-refractivity contribution is 6.86.